The molecule has 0 saturated heterocycles. The van der Waals surface area contributed by atoms with Crippen LogP contribution in [0, 0.1) is 5.92 Å². The van der Waals surface area contributed by atoms with E-state index in [1.165, 1.54) is 5.56 Å². The third-order valence-electron chi connectivity index (χ3n) is 3.03. The molecule has 0 aliphatic rings. The molecule has 0 N–H and O–H groups in total. The highest BCUT2D eigenvalue weighted by atomic mass is 16.5. The summed E-state index contributed by atoms with van der Waals surface area (Å²) in [4.78, 5) is 22.5. The summed E-state index contributed by atoms with van der Waals surface area (Å²) in [5.41, 5.74) is 2.30. The normalized spacial score (nSPS) is 12.8. The number of hydrogen-bond donors (Lipinski definition) is 0. The Kier molecular flexibility index (Phi) is 5.28. The summed E-state index contributed by atoms with van der Waals surface area (Å²) in [5.74, 6) is -1.15. The van der Waals surface area contributed by atoms with Gasteiger partial charge in [-0.1, -0.05) is 45.0 Å². The van der Waals surface area contributed by atoms with Gasteiger partial charge in [0.2, 0.25) is 0 Å². The van der Waals surface area contributed by atoms with Crippen LogP contribution in [-0.4, -0.2) is 18.9 Å². The first kappa shape index (κ1) is 15.4. The van der Waals surface area contributed by atoms with Crippen LogP contribution in [0.4, 0.5) is 0 Å². The van der Waals surface area contributed by atoms with E-state index in [1.807, 2.05) is 24.3 Å². The minimum absolute atomic E-state index is 0.101. The van der Waals surface area contributed by atoms with Crippen molar-refractivity contribution in [2.24, 2.45) is 5.92 Å². The number of aldehydes is 1. The molecule has 1 aromatic rings. The third-order valence-corrected chi connectivity index (χ3v) is 3.03. The van der Waals surface area contributed by atoms with E-state index in [4.69, 9.17) is 4.74 Å². The zero-order valence-electron chi connectivity index (χ0n) is 12.1. The maximum absolute atomic E-state index is 11.6. The zero-order chi connectivity index (χ0) is 14.5. The Morgan fingerprint density at radius 3 is 2.26 bits per heavy atom. The lowest BCUT2D eigenvalue weighted by Crippen LogP contribution is -2.21. The minimum atomic E-state index is -0.708. The summed E-state index contributed by atoms with van der Waals surface area (Å²) in [5, 5.41) is 0. The lowest BCUT2D eigenvalue weighted by Gasteiger charge is -2.19. The second-order valence-corrected chi connectivity index (χ2v) is 5.65. The predicted molar refractivity (Wildman–Crippen MR) is 75.0 cm³/mol. The van der Waals surface area contributed by atoms with Crippen molar-refractivity contribution >= 4 is 12.3 Å². The number of ether oxygens (including phenoxy) is 1. The fourth-order valence-electron chi connectivity index (χ4n) is 1.83. The van der Waals surface area contributed by atoms with Gasteiger partial charge < -0.3 is 9.53 Å². The Labute approximate surface area is 115 Å². The molecule has 0 bridgehead atoms. The van der Waals surface area contributed by atoms with Crippen molar-refractivity contribution in [2.45, 2.75) is 39.5 Å². The smallest absolute Gasteiger partial charge is 0.316 e. The fraction of sp³-hybridized carbons (Fsp3) is 0.500. The summed E-state index contributed by atoms with van der Waals surface area (Å²) < 4.78 is 4.87. The van der Waals surface area contributed by atoms with Crippen LogP contribution in [-0.2, 0) is 26.2 Å². The van der Waals surface area contributed by atoms with Crippen LogP contribution in [0.5, 0.6) is 0 Å². The lowest BCUT2D eigenvalue weighted by atomic mass is 9.86. The van der Waals surface area contributed by atoms with Crippen LogP contribution in [0.2, 0.25) is 0 Å². The molecule has 1 rings (SSSR count). The maximum atomic E-state index is 11.6. The molecular formula is C16H22O3. The average molecular weight is 262 g/mol. The van der Waals surface area contributed by atoms with E-state index in [0.29, 0.717) is 19.3 Å². The number of hydrogen-bond acceptors (Lipinski definition) is 3. The van der Waals surface area contributed by atoms with Crippen molar-refractivity contribution in [3.05, 3.63) is 35.4 Å². The molecule has 19 heavy (non-hydrogen) atoms. The van der Waals surface area contributed by atoms with E-state index >= 15 is 0 Å². The zero-order valence-corrected chi connectivity index (χ0v) is 12.1. The SMILES string of the molecule is CCOC(=O)C(C=O)Cc1ccc(C(C)(C)C)cc1. The number of rotatable bonds is 5. The van der Waals surface area contributed by atoms with Gasteiger partial charge in [-0.25, -0.2) is 0 Å². The van der Waals surface area contributed by atoms with Crippen LogP contribution < -0.4 is 0 Å². The van der Waals surface area contributed by atoms with E-state index in [-0.39, 0.29) is 5.41 Å². The van der Waals surface area contributed by atoms with Crippen LogP contribution in [0.25, 0.3) is 0 Å². The Hall–Kier alpha value is -1.64. The van der Waals surface area contributed by atoms with Gasteiger partial charge in [0.15, 0.2) is 0 Å². The van der Waals surface area contributed by atoms with Gasteiger partial charge in [0.25, 0.3) is 0 Å². The standard InChI is InChI=1S/C16H22O3/c1-5-19-15(18)13(11-17)10-12-6-8-14(9-7-12)16(2,3)4/h6-9,11,13H,5,10H2,1-4H3. The molecule has 0 heterocycles. The molecule has 3 nitrogen and oxygen atoms in total. The average Bonchev–Trinajstić information content (AvgIpc) is 2.35. The molecule has 3 heteroatoms. The van der Waals surface area contributed by atoms with Gasteiger partial charge in [-0.2, -0.15) is 0 Å². The van der Waals surface area contributed by atoms with E-state index in [2.05, 4.69) is 20.8 Å². The predicted octanol–water partition coefficient (Wildman–Crippen LogP) is 2.90. The minimum Gasteiger partial charge on any atom is -0.465 e. The molecular weight excluding hydrogens is 240 g/mol. The highest BCUT2D eigenvalue weighted by Crippen LogP contribution is 2.22. The molecule has 0 fully saturated rings. The first-order valence-electron chi connectivity index (χ1n) is 6.59. The summed E-state index contributed by atoms with van der Waals surface area (Å²) in [6.45, 7) is 8.47. The van der Waals surface area contributed by atoms with Gasteiger partial charge in [-0.15, -0.1) is 0 Å². The largest absolute Gasteiger partial charge is 0.465 e. The highest BCUT2D eigenvalue weighted by Gasteiger charge is 2.20. The van der Waals surface area contributed by atoms with E-state index < -0.39 is 11.9 Å². The van der Waals surface area contributed by atoms with Gasteiger partial charge in [0.1, 0.15) is 12.2 Å². The van der Waals surface area contributed by atoms with Crippen LogP contribution in [0.15, 0.2) is 24.3 Å². The van der Waals surface area contributed by atoms with E-state index in [1.54, 1.807) is 6.92 Å². The van der Waals surface area contributed by atoms with Crippen molar-refractivity contribution < 1.29 is 14.3 Å². The number of esters is 1. The maximum Gasteiger partial charge on any atom is 0.316 e. The van der Waals surface area contributed by atoms with E-state index in [9.17, 15) is 9.59 Å². The molecule has 1 atom stereocenters. The summed E-state index contributed by atoms with van der Waals surface area (Å²) in [6, 6.07) is 8.03. The summed E-state index contributed by atoms with van der Waals surface area (Å²) in [7, 11) is 0. The second kappa shape index (κ2) is 6.50. The van der Waals surface area contributed by atoms with Gasteiger partial charge in [-0.3, -0.25) is 4.79 Å². The van der Waals surface area contributed by atoms with Crippen molar-refractivity contribution in [2.75, 3.05) is 6.61 Å². The molecule has 104 valence electrons. The molecule has 0 aliphatic carbocycles. The number of carbonyl (C=O) groups excluding carboxylic acids is 2. The Morgan fingerprint density at radius 1 is 1.26 bits per heavy atom. The van der Waals surface area contributed by atoms with Crippen LogP contribution in [0.3, 0.4) is 0 Å². The molecule has 0 radical (unpaired) electrons. The first-order chi connectivity index (χ1) is 8.88. The van der Waals surface area contributed by atoms with Crippen molar-refractivity contribution in [3.63, 3.8) is 0 Å². The molecule has 0 spiro atoms. The Bertz CT molecular complexity index is 426. The van der Waals surface area contributed by atoms with Gasteiger partial charge in [-0.05, 0) is 29.9 Å². The second-order valence-electron chi connectivity index (χ2n) is 5.65. The van der Waals surface area contributed by atoms with Gasteiger partial charge >= 0.3 is 5.97 Å². The molecule has 0 amide bonds. The quantitative estimate of drug-likeness (QED) is 0.465. The van der Waals surface area contributed by atoms with E-state index in [0.717, 1.165) is 5.56 Å². The fourth-order valence-corrected chi connectivity index (χ4v) is 1.83. The van der Waals surface area contributed by atoms with Gasteiger partial charge in [0.05, 0.1) is 6.61 Å². The molecule has 0 aromatic heterocycles. The highest BCUT2D eigenvalue weighted by molar-refractivity contribution is 5.88. The van der Waals surface area contributed by atoms with Crippen LogP contribution >= 0.6 is 0 Å². The Balaban J connectivity index is 2.76. The van der Waals surface area contributed by atoms with Crippen molar-refractivity contribution in [3.8, 4) is 0 Å². The molecule has 0 saturated carbocycles. The summed E-state index contributed by atoms with van der Waals surface area (Å²) >= 11 is 0. The third kappa shape index (κ3) is 4.51. The molecule has 0 aliphatic heterocycles. The lowest BCUT2D eigenvalue weighted by molar-refractivity contribution is -0.149. The number of benzene rings is 1. The molecule has 1 aromatic carbocycles. The van der Waals surface area contributed by atoms with Crippen molar-refractivity contribution in [1.29, 1.82) is 0 Å². The van der Waals surface area contributed by atoms with Crippen LogP contribution in [0.1, 0.15) is 38.8 Å². The topological polar surface area (TPSA) is 43.4 Å². The Morgan fingerprint density at radius 2 is 1.84 bits per heavy atom. The van der Waals surface area contributed by atoms with Gasteiger partial charge in [0, 0.05) is 0 Å². The summed E-state index contributed by atoms with van der Waals surface area (Å²) in [6.07, 6.45) is 1.06. The van der Waals surface area contributed by atoms with Crippen molar-refractivity contribution in [1.82, 2.24) is 0 Å². The monoisotopic (exact) mass is 262 g/mol. The first-order valence-corrected chi connectivity index (χ1v) is 6.59. The molecule has 1 unspecified atom stereocenters. The number of carbonyl (C=O) groups is 2.